The van der Waals surface area contributed by atoms with Gasteiger partial charge in [-0.2, -0.15) is 25.3 Å². The fourth-order valence-corrected chi connectivity index (χ4v) is 0.976. The highest BCUT2D eigenvalue weighted by Gasteiger charge is 1.99. The quantitative estimate of drug-likeness (QED) is 0.485. The van der Waals surface area contributed by atoms with Crippen molar-refractivity contribution in [2.24, 2.45) is 0 Å². The summed E-state index contributed by atoms with van der Waals surface area (Å²) >= 11 is 7.71. The van der Waals surface area contributed by atoms with Gasteiger partial charge in [0.2, 0.25) is 0 Å². The van der Waals surface area contributed by atoms with E-state index >= 15 is 0 Å². The molecule has 0 amide bonds. The average Bonchev–Trinajstić information content (AvgIpc) is 2.15. The summed E-state index contributed by atoms with van der Waals surface area (Å²) in [5.74, 6) is -1.58. The standard InChI is InChI=1S/2C4H8O2S.C4H10O/c2*1-3(7)2-4(5)6;1-2-3-4-5/h2*3,7H,2H2,1H3,(H,5,6);5H,2-4H2,1H3. The Morgan fingerprint density at radius 1 is 1.00 bits per heavy atom. The van der Waals surface area contributed by atoms with E-state index in [1.54, 1.807) is 13.8 Å². The first-order valence-electron chi connectivity index (χ1n) is 6.07. The van der Waals surface area contributed by atoms with Crippen LogP contribution in [0.2, 0.25) is 0 Å². The van der Waals surface area contributed by atoms with Crippen LogP contribution in [-0.2, 0) is 9.59 Å². The van der Waals surface area contributed by atoms with Gasteiger partial charge in [0.05, 0.1) is 12.8 Å². The van der Waals surface area contributed by atoms with Gasteiger partial charge >= 0.3 is 11.9 Å². The van der Waals surface area contributed by atoms with E-state index in [0.29, 0.717) is 6.61 Å². The number of hydrogen-bond acceptors (Lipinski definition) is 5. The van der Waals surface area contributed by atoms with E-state index in [-0.39, 0.29) is 23.3 Å². The van der Waals surface area contributed by atoms with Crippen LogP contribution in [0.25, 0.3) is 0 Å². The van der Waals surface area contributed by atoms with E-state index in [2.05, 4.69) is 32.2 Å². The zero-order chi connectivity index (χ0) is 15.8. The molecule has 3 N–H and O–H groups in total. The number of carboxylic acids is 2. The second kappa shape index (κ2) is 17.6. The van der Waals surface area contributed by atoms with E-state index in [1.807, 2.05) is 0 Å². The van der Waals surface area contributed by atoms with Crippen LogP contribution in [0.15, 0.2) is 0 Å². The van der Waals surface area contributed by atoms with Gasteiger partial charge in [0.1, 0.15) is 0 Å². The van der Waals surface area contributed by atoms with Crippen LogP contribution in [0.5, 0.6) is 0 Å². The molecule has 19 heavy (non-hydrogen) atoms. The van der Waals surface area contributed by atoms with E-state index in [4.69, 9.17) is 15.3 Å². The number of thiol groups is 2. The lowest BCUT2D eigenvalue weighted by molar-refractivity contribution is -0.137. The molecule has 0 rings (SSSR count). The Morgan fingerprint density at radius 3 is 1.32 bits per heavy atom. The van der Waals surface area contributed by atoms with Crippen molar-refractivity contribution in [1.82, 2.24) is 0 Å². The Morgan fingerprint density at radius 2 is 1.32 bits per heavy atom. The summed E-state index contributed by atoms with van der Waals surface area (Å²) in [7, 11) is 0. The highest BCUT2D eigenvalue weighted by Crippen LogP contribution is 1.97. The summed E-state index contributed by atoms with van der Waals surface area (Å²) in [6.07, 6.45) is 2.32. The second-order valence-corrected chi connectivity index (χ2v) is 5.73. The van der Waals surface area contributed by atoms with Gasteiger partial charge in [0.15, 0.2) is 0 Å². The summed E-state index contributed by atoms with van der Waals surface area (Å²) in [5, 5.41) is 24.1. The number of aliphatic carboxylic acids is 2. The van der Waals surface area contributed by atoms with Gasteiger partial charge in [0.25, 0.3) is 0 Å². The molecule has 0 saturated carbocycles. The third-order valence-electron chi connectivity index (χ3n) is 1.45. The van der Waals surface area contributed by atoms with Crippen molar-refractivity contribution >= 4 is 37.2 Å². The monoisotopic (exact) mass is 314 g/mol. The van der Waals surface area contributed by atoms with Gasteiger partial charge in [-0.1, -0.05) is 27.2 Å². The van der Waals surface area contributed by atoms with Crippen molar-refractivity contribution in [3.8, 4) is 0 Å². The normalized spacial score (nSPS) is 12.1. The smallest absolute Gasteiger partial charge is 0.304 e. The van der Waals surface area contributed by atoms with Crippen LogP contribution in [0.1, 0.15) is 46.5 Å². The highest BCUT2D eigenvalue weighted by molar-refractivity contribution is 7.81. The van der Waals surface area contributed by atoms with Gasteiger partial charge in [-0.25, -0.2) is 0 Å². The van der Waals surface area contributed by atoms with Crippen LogP contribution < -0.4 is 0 Å². The number of carbonyl (C=O) groups is 2. The summed E-state index contributed by atoms with van der Waals surface area (Å²) in [4.78, 5) is 19.5. The van der Waals surface area contributed by atoms with Crippen LogP contribution in [-0.4, -0.2) is 44.4 Å². The van der Waals surface area contributed by atoms with Gasteiger partial charge in [-0.3, -0.25) is 9.59 Å². The molecular weight excluding hydrogens is 288 g/mol. The molecule has 0 radical (unpaired) electrons. The minimum atomic E-state index is -0.789. The molecule has 2 atom stereocenters. The first-order valence-corrected chi connectivity index (χ1v) is 7.11. The minimum absolute atomic E-state index is 0.0301. The third-order valence-corrected chi connectivity index (χ3v) is 1.82. The number of aliphatic hydroxyl groups excluding tert-OH is 1. The summed E-state index contributed by atoms with van der Waals surface area (Å²) in [6, 6.07) is 0. The molecule has 0 aromatic carbocycles. The van der Waals surface area contributed by atoms with Crippen molar-refractivity contribution in [3.05, 3.63) is 0 Å². The number of hydrogen-bond donors (Lipinski definition) is 5. The molecule has 5 nitrogen and oxygen atoms in total. The molecule has 0 aliphatic heterocycles. The van der Waals surface area contributed by atoms with Crippen molar-refractivity contribution in [3.63, 3.8) is 0 Å². The molecule has 0 aliphatic rings. The van der Waals surface area contributed by atoms with E-state index in [1.165, 1.54) is 0 Å². The maximum Gasteiger partial charge on any atom is 0.304 e. The number of unbranched alkanes of at least 4 members (excludes halogenated alkanes) is 1. The Labute approximate surface area is 126 Å². The lowest BCUT2D eigenvalue weighted by Crippen LogP contribution is -2.01. The lowest BCUT2D eigenvalue weighted by Gasteiger charge is -1.93. The molecule has 0 fully saturated rings. The predicted molar refractivity (Wildman–Crippen MR) is 83.4 cm³/mol. The SMILES string of the molecule is CC(S)CC(=O)O.CC(S)CC(=O)O.CCCCO. The summed E-state index contributed by atoms with van der Waals surface area (Å²) in [6.45, 7) is 5.89. The first kappa shape index (κ1) is 23.7. The summed E-state index contributed by atoms with van der Waals surface area (Å²) in [5.41, 5.74) is 0. The largest absolute Gasteiger partial charge is 0.481 e. The average molecular weight is 314 g/mol. The van der Waals surface area contributed by atoms with Gasteiger partial charge in [-0.15, -0.1) is 0 Å². The molecule has 116 valence electrons. The topological polar surface area (TPSA) is 94.8 Å². The number of carboxylic acid groups (broad SMARTS) is 2. The van der Waals surface area contributed by atoms with Gasteiger partial charge in [-0.05, 0) is 6.42 Å². The van der Waals surface area contributed by atoms with E-state index in [9.17, 15) is 9.59 Å². The molecule has 0 saturated heterocycles. The maximum atomic E-state index is 9.76. The highest BCUT2D eigenvalue weighted by atomic mass is 32.1. The lowest BCUT2D eigenvalue weighted by atomic mass is 10.3. The molecule has 0 aromatic heterocycles. The van der Waals surface area contributed by atoms with Crippen molar-refractivity contribution in [1.29, 1.82) is 0 Å². The zero-order valence-corrected chi connectivity index (χ0v) is 13.5. The Kier molecular flexibility index (Phi) is 21.9. The fourth-order valence-electron chi connectivity index (χ4n) is 0.664. The minimum Gasteiger partial charge on any atom is -0.481 e. The fraction of sp³-hybridized carbons (Fsp3) is 0.833. The zero-order valence-electron chi connectivity index (χ0n) is 11.7. The Hall–Kier alpha value is -0.400. The Bertz CT molecular complexity index is 198. The van der Waals surface area contributed by atoms with Crippen LogP contribution >= 0.6 is 25.3 Å². The van der Waals surface area contributed by atoms with Crippen molar-refractivity contribution in [2.45, 2.75) is 57.0 Å². The van der Waals surface area contributed by atoms with Crippen LogP contribution in [0, 0.1) is 0 Å². The van der Waals surface area contributed by atoms with Crippen molar-refractivity contribution < 1.29 is 24.9 Å². The molecule has 7 heteroatoms. The van der Waals surface area contributed by atoms with Crippen molar-refractivity contribution in [2.75, 3.05) is 6.61 Å². The van der Waals surface area contributed by atoms with E-state index < -0.39 is 11.9 Å². The van der Waals surface area contributed by atoms with E-state index in [0.717, 1.165) is 12.8 Å². The number of aliphatic hydroxyl groups is 1. The molecule has 0 aliphatic carbocycles. The van der Waals surface area contributed by atoms with Crippen LogP contribution in [0.3, 0.4) is 0 Å². The number of rotatable bonds is 6. The first-order chi connectivity index (χ1) is 8.67. The second-order valence-electron chi connectivity index (χ2n) is 3.97. The molecule has 0 bridgehead atoms. The molecular formula is C12H26O5S2. The van der Waals surface area contributed by atoms with Crippen LogP contribution in [0.4, 0.5) is 0 Å². The summed E-state index contributed by atoms with van der Waals surface area (Å²) < 4.78 is 0. The molecule has 0 aromatic rings. The molecule has 0 heterocycles. The predicted octanol–water partition coefficient (Wildman–Crippen LogP) is 2.34. The molecule has 2 unspecified atom stereocenters. The third kappa shape index (κ3) is 46.5. The molecule has 0 spiro atoms. The van der Waals surface area contributed by atoms with Gasteiger partial charge in [0, 0.05) is 17.1 Å². The Balaban J connectivity index is -0.000000206. The van der Waals surface area contributed by atoms with Gasteiger partial charge < -0.3 is 15.3 Å². The maximum absolute atomic E-state index is 9.76.